The molecule has 5 heteroatoms. The van der Waals surface area contributed by atoms with Crippen molar-refractivity contribution in [2.45, 2.75) is 51.0 Å². The second-order valence-corrected chi connectivity index (χ2v) is 11.4. The summed E-state index contributed by atoms with van der Waals surface area (Å²) in [5, 5.41) is 1.43. The Morgan fingerprint density at radius 3 is 1.47 bits per heavy atom. The van der Waals surface area contributed by atoms with E-state index in [9.17, 15) is 0 Å². The molecule has 1 saturated heterocycles. The molecule has 1 heterocycles. The minimum atomic E-state index is -0.152. The van der Waals surface area contributed by atoms with Crippen molar-refractivity contribution in [2.75, 3.05) is 37.9 Å². The van der Waals surface area contributed by atoms with E-state index in [2.05, 4.69) is 39.5 Å². The zero-order valence-electron chi connectivity index (χ0n) is 12.9. The van der Waals surface area contributed by atoms with Gasteiger partial charge in [-0.15, -0.1) is 0 Å². The average molecular weight is 324 g/mol. The normalized spacial score (nSPS) is 23.7. The van der Waals surface area contributed by atoms with Crippen LogP contribution in [0.1, 0.15) is 40.5 Å². The van der Waals surface area contributed by atoms with Gasteiger partial charge >= 0.3 is 0 Å². The third-order valence-corrected chi connectivity index (χ3v) is 8.86. The fourth-order valence-corrected chi connectivity index (χ4v) is 6.20. The maximum Gasteiger partial charge on any atom is 0.0627 e. The first kappa shape index (κ1) is 18.2. The topological polar surface area (TPSA) is 18.5 Å². The van der Waals surface area contributed by atoms with E-state index in [-0.39, 0.29) is 16.3 Å². The smallest absolute Gasteiger partial charge is 0.0627 e. The molecule has 0 saturated carbocycles. The summed E-state index contributed by atoms with van der Waals surface area (Å²) in [6.07, 6.45) is 7.43. The van der Waals surface area contributed by atoms with Gasteiger partial charge in [-0.25, -0.2) is 0 Å². The van der Waals surface area contributed by atoms with Crippen LogP contribution in [0.4, 0.5) is 0 Å². The van der Waals surface area contributed by atoms with Crippen molar-refractivity contribution < 1.29 is 9.05 Å². The van der Waals surface area contributed by atoms with Gasteiger partial charge < -0.3 is 9.05 Å². The van der Waals surface area contributed by atoms with Crippen LogP contribution in [0.25, 0.3) is 0 Å². The summed E-state index contributed by atoms with van der Waals surface area (Å²) in [7, 11) is -0.303. The molecule has 19 heavy (non-hydrogen) atoms. The summed E-state index contributed by atoms with van der Waals surface area (Å²) >= 11 is 2.11. The number of hydrogen-bond acceptors (Lipinski definition) is 3. The summed E-state index contributed by atoms with van der Waals surface area (Å²) in [6.45, 7) is 10.9. The Balaban J connectivity index is 2.15. The van der Waals surface area contributed by atoms with Crippen LogP contribution >= 0.6 is 28.1 Å². The maximum atomic E-state index is 6.05. The van der Waals surface area contributed by atoms with Gasteiger partial charge in [0.05, 0.1) is 13.2 Å². The zero-order chi connectivity index (χ0) is 14.1. The minimum absolute atomic E-state index is 0.152. The molecular weight excluding hydrogens is 294 g/mol. The van der Waals surface area contributed by atoms with Crippen molar-refractivity contribution in [3.63, 3.8) is 0 Å². The Hall–Kier alpha value is 1.13. The molecule has 2 atom stereocenters. The van der Waals surface area contributed by atoms with Crippen LogP contribution in [-0.2, 0) is 9.05 Å². The third kappa shape index (κ3) is 7.09. The van der Waals surface area contributed by atoms with E-state index in [1.165, 1.54) is 37.5 Å². The van der Waals surface area contributed by atoms with Crippen LogP contribution in [0.15, 0.2) is 0 Å². The van der Waals surface area contributed by atoms with Gasteiger partial charge in [0, 0.05) is 26.8 Å². The quantitative estimate of drug-likeness (QED) is 0.517. The fraction of sp³-hybridized carbons (Fsp3) is 1.00. The SMILES string of the molecule is CCP(CC)OC[C@H]1CC[C@H](COP(CC)CC)S1. The molecule has 0 unspecified atom stereocenters. The van der Waals surface area contributed by atoms with E-state index in [1.54, 1.807) is 0 Å². The Morgan fingerprint density at radius 1 is 0.789 bits per heavy atom. The van der Waals surface area contributed by atoms with Gasteiger partial charge in [0.25, 0.3) is 0 Å². The molecule has 1 aliphatic rings. The summed E-state index contributed by atoms with van der Waals surface area (Å²) in [4.78, 5) is 0. The lowest BCUT2D eigenvalue weighted by Crippen LogP contribution is -2.09. The van der Waals surface area contributed by atoms with E-state index in [0.717, 1.165) is 13.2 Å². The molecule has 0 spiro atoms. The first-order chi connectivity index (χ1) is 9.23. The molecule has 0 aliphatic carbocycles. The van der Waals surface area contributed by atoms with Gasteiger partial charge in [0.15, 0.2) is 0 Å². The lowest BCUT2D eigenvalue weighted by Gasteiger charge is -2.18. The van der Waals surface area contributed by atoms with Gasteiger partial charge in [-0.1, -0.05) is 27.7 Å². The highest BCUT2D eigenvalue weighted by molar-refractivity contribution is 8.00. The highest BCUT2D eigenvalue weighted by Gasteiger charge is 2.26. The first-order valence-corrected chi connectivity index (χ1v) is 11.8. The van der Waals surface area contributed by atoms with E-state index >= 15 is 0 Å². The lowest BCUT2D eigenvalue weighted by molar-refractivity contribution is 0.338. The minimum Gasteiger partial charge on any atom is -0.358 e. The molecule has 1 rings (SSSR count). The highest BCUT2D eigenvalue weighted by atomic mass is 32.2. The van der Waals surface area contributed by atoms with Gasteiger partial charge in [-0.05, 0) is 37.5 Å². The molecule has 0 bridgehead atoms. The maximum absolute atomic E-state index is 6.05. The van der Waals surface area contributed by atoms with Crippen molar-refractivity contribution >= 4 is 28.1 Å². The molecule has 1 fully saturated rings. The molecule has 0 radical (unpaired) electrons. The van der Waals surface area contributed by atoms with Crippen molar-refractivity contribution in [1.82, 2.24) is 0 Å². The molecule has 0 aromatic heterocycles. The number of thioether (sulfide) groups is 1. The van der Waals surface area contributed by atoms with Crippen molar-refractivity contribution in [1.29, 1.82) is 0 Å². The molecule has 0 amide bonds. The monoisotopic (exact) mass is 324 g/mol. The lowest BCUT2D eigenvalue weighted by atomic mass is 10.2. The van der Waals surface area contributed by atoms with Crippen LogP contribution in [0.3, 0.4) is 0 Å². The summed E-state index contributed by atoms with van der Waals surface area (Å²) in [5.41, 5.74) is 0. The largest absolute Gasteiger partial charge is 0.358 e. The second kappa shape index (κ2) is 10.8. The van der Waals surface area contributed by atoms with E-state index in [1.807, 2.05) is 0 Å². The van der Waals surface area contributed by atoms with Gasteiger partial charge in [-0.3, -0.25) is 0 Å². The Morgan fingerprint density at radius 2 is 1.16 bits per heavy atom. The summed E-state index contributed by atoms with van der Waals surface area (Å²) in [6, 6.07) is 0. The van der Waals surface area contributed by atoms with Crippen LogP contribution < -0.4 is 0 Å². The Labute approximate surface area is 126 Å². The molecule has 1 aliphatic heterocycles. The molecule has 2 nitrogen and oxygen atoms in total. The third-order valence-electron chi connectivity index (χ3n) is 3.49. The van der Waals surface area contributed by atoms with Crippen molar-refractivity contribution in [3.8, 4) is 0 Å². The van der Waals surface area contributed by atoms with E-state index in [4.69, 9.17) is 9.05 Å². The predicted molar refractivity (Wildman–Crippen MR) is 92.3 cm³/mol. The highest BCUT2D eigenvalue weighted by Crippen LogP contribution is 2.42. The van der Waals surface area contributed by atoms with E-state index in [0.29, 0.717) is 10.5 Å². The Bertz CT molecular complexity index is 201. The van der Waals surface area contributed by atoms with E-state index < -0.39 is 0 Å². The van der Waals surface area contributed by atoms with Crippen LogP contribution in [0.2, 0.25) is 0 Å². The first-order valence-electron chi connectivity index (χ1n) is 7.64. The predicted octanol–water partition coefficient (Wildman–Crippen LogP) is 5.16. The molecule has 0 aromatic rings. The zero-order valence-corrected chi connectivity index (χ0v) is 15.5. The van der Waals surface area contributed by atoms with Crippen LogP contribution in [-0.4, -0.2) is 48.4 Å². The molecular formula is C14H30O2P2S. The second-order valence-electron chi connectivity index (χ2n) is 4.78. The standard InChI is InChI=1S/C14H30O2P2S/c1-5-17(6-2)15-11-13-9-10-14(19-13)12-16-18(7-3)8-4/h13-14H,5-12H2,1-4H3/t13-,14-/m1/s1. The van der Waals surface area contributed by atoms with Crippen molar-refractivity contribution in [3.05, 3.63) is 0 Å². The molecule has 0 aromatic carbocycles. The number of rotatable bonds is 10. The molecule has 114 valence electrons. The molecule has 0 N–H and O–H groups in total. The summed E-state index contributed by atoms with van der Waals surface area (Å²) < 4.78 is 12.1. The summed E-state index contributed by atoms with van der Waals surface area (Å²) in [5.74, 6) is 0. The average Bonchev–Trinajstić information content (AvgIpc) is 2.89. The van der Waals surface area contributed by atoms with Gasteiger partial charge in [0.2, 0.25) is 0 Å². The van der Waals surface area contributed by atoms with Crippen LogP contribution in [0.5, 0.6) is 0 Å². The van der Waals surface area contributed by atoms with Crippen LogP contribution in [0, 0.1) is 0 Å². The van der Waals surface area contributed by atoms with Gasteiger partial charge in [-0.2, -0.15) is 11.8 Å². The van der Waals surface area contributed by atoms with Gasteiger partial charge in [0.1, 0.15) is 0 Å². The Kier molecular flexibility index (Phi) is 10.3. The number of hydrogen-bond donors (Lipinski definition) is 0. The fourth-order valence-electron chi connectivity index (χ4n) is 2.21. The van der Waals surface area contributed by atoms with Crippen molar-refractivity contribution in [2.24, 2.45) is 0 Å².